The van der Waals surface area contributed by atoms with E-state index in [2.05, 4.69) is 4.18 Å². The minimum Gasteiger partial charge on any atom is -0.461 e. The first-order valence-corrected chi connectivity index (χ1v) is 9.89. The maximum atomic E-state index is 12.9. The molecule has 0 aliphatic carbocycles. The predicted molar refractivity (Wildman–Crippen MR) is 86.5 cm³/mol. The van der Waals surface area contributed by atoms with E-state index in [-0.39, 0.29) is 19.5 Å². The number of halogens is 3. The van der Waals surface area contributed by atoms with Crippen molar-refractivity contribution in [3.05, 3.63) is 0 Å². The van der Waals surface area contributed by atoms with Crippen LogP contribution in [-0.2, 0) is 42.9 Å². The van der Waals surface area contributed by atoms with Gasteiger partial charge in [-0.1, -0.05) is 0 Å². The van der Waals surface area contributed by atoms with Crippen LogP contribution < -0.4 is 0 Å². The number of carbonyl (C=O) groups is 3. The standard InChI is InChI=1S/C15H20F3NO9S/c1-7(20)25-10-4-5-19-6-11(26-8(2)21)13(14(12(10)19)27-9(3)22)28-29(23,24)15(16,17)18/h10-14H,4-6H2,1-3H3/t10-,11+,12-,13+,14-/m0/s1. The number of fused-ring (bicyclic) bond motifs is 1. The Morgan fingerprint density at radius 2 is 1.41 bits per heavy atom. The van der Waals surface area contributed by atoms with E-state index < -0.39 is 64.0 Å². The molecule has 0 unspecified atom stereocenters. The lowest BCUT2D eigenvalue weighted by atomic mass is 9.92. The number of piperidine rings is 1. The zero-order chi connectivity index (χ0) is 22.1. The average molecular weight is 447 g/mol. The van der Waals surface area contributed by atoms with Crippen LogP contribution in [0.15, 0.2) is 0 Å². The normalized spacial score (nSPS) is 30.3. The summed E-state index contributed by atoms with van der Waals surface area (Å²) >= 11 is 0. The van der Waals surface area contributed by atoms with Crippen LogP contribution in [0.3, 0.4) is 0 Å². The highest BCUT2D eigenvalue weighted by Crippen LogP contribution is 2.37. The molecule has 0 spiro atoms. The molecule has 0 aromatic heterocycles. The molecule has 2 heterocycles. The SMILES string of the molecule is CC(=O)O[C@@H]1[C@H](OS(=O)(=O)C(F)(F)F)[C@H](OC(C)=O)CN2CC[C@H](OC(C)=O)[C@@H]12. The van der Waals surface area contributed by atoms with Crippen LogP contribution in [0, 0.1) is 0 Å². The Labute approximate surface area is 164 Å². The summed E-state index contributed by atoms with van der Waals surface area (Å²) < 4.78 is 81.4. The van der Waals surface area contributed by atoms with Crippen LogP contribution in [0.1, 0.15) is 27.2 Å². The maximum Gasteiger partial charge on any atom is 0.523 e. The molecule has 2 rings (SSSR count). The van der Waals surface area contributed by atoms with Crippen LogP contribution in [0.2, 0.25) is 0 Å². The van der Waals surface area contributed by atoms with E-state index in [1.54, 1.807) is 4.90 Å². The fraction of sp³-hybridized carbons (Fsp3) is 0.800. The molecule has 10 nitrogen and oxygen atoms in total. The summed E-state index contributed by atoms with van der Waals surface area (Å²) in [4.78, 5) is 35.9. The minimum atomic E-state index is -6.11. The Hall–Kier alpha value is -1.93. The minimum absolute atomic E-state index is 0.210. The number of esters is 3. The number of nitrogens with zero attached hydrogens (tertiary/aromatic N) is 1. The summed E-state index contributed by atoms with van der Waals surface area (Å²) in [5.41, 5.74) is -5.75. The topological polar surface area (TPSA) is 126 Å². The highest BCUT2D eigenvalue weighted by Gasteiger charge is 2.58. The van der Waals surface area contributed by atoms with Crippen LogP contribution in [0.5, 0.6) is 0 Å². The summed E-state index contributed by atoms with van der Waals surface area (Å²) in [6.45, 7) is 3.13. The highest BCUT2D eigenvalue weighted by atomic mass is 32.2. The lowest BCUT2D eigenvalue weighted by Crippen LogP contribution is -2.65. The van der Waals surface area contributed by atoms with Crippen molar-refractivity contribution in [3.63, 3.8) is 0 Å². The zero-order valence-corrected chi connectivity index (χ0v) is 16.5. The van der Waals surface area contributed by atoms with Crippen LogP contribution in [0.4, 0.5) is 13.2 Å². The fourth-order valence-electron chi connectivity index (χ4n) is 3.53. The summed E-state index contributed by atoms with van der Waals surface area (Å²) in [6.07, 6.45) is -5.74. The third kappa shape index (κ3) is 5.36. The molecule has 0 aromatic carbocycles. The van der Waals surface area contributed by atoms with E-state index in [1.807, 2.05) is 0 Å². The molecular formula is C15H20F3NO9S. The molecule has 2 saturated heterocycles. The molecule has 2 fully saturated rings. The van der Waals surface area contributed by atoms with Gasteiger partial charge in [-0.15, -0.1) is 0 Å². The first kappa shape index (κ1) is 23.3. The molecule has 0 N–H and O–H groups in total. The summed E-state index contributed by atoms with van der Waals surface area (Å²) in [5.74, 6) is -2.52. The highest BCUT2D eigenvalue weighted by molar-refractivity contribution is 7.87. The van der Waals surface area contributed by atoms with E-state index in [0.29, 0.717) is 0 Å². The van der Waals surface area contributed by atoms with Crippen molar-refractivity contribution in [2.45, 2.75) is 63.2 Å². The predicted octanol–water partition coefficient (Wildman–Crippen LogP) is 0.104. The van der Waals surface area contributed by atoms with Crippen molar-refractivity contribution in [2.75, 3.05) is 13.1 Å². The van der Waals surface area contributed by atoms with Gasteiger partial charge in [0.25, 0.3) is 0 Å². The lowest BCUT2D eigenvalue weighted by Gasteiger charge is -2.45. The second-order valence-corrected chi connectivity index (χ2v) is 8.17. The van der Waals surface area contributed by atoms with E-state index in [1.165, 1.54) is 0 Å². The lowest BCUT2D eigenvalue weighted by molar-refractivity contribution is -0.191. The van der Waals surface area contributed by atoms with Gasteiger partial charge in [-0.25, -0.2) is 0 Å². The second kappa shape index (κ2) is 8.44. The molecule has 0 aromatic rings. The molecule has 5 atom stereocenters. The summed E-state index contributed by atoms with van der Waals surface area (Å²) in [5, 5.41) is 0. The summed E-state index contributed by atoms with van der Waals surface area (Å²) in [7, 11) is -6.11. The molecule has 2 aliphatic rings. The van der Waals surface area contributed by atoms with Gasteiger partial charge in [-0.05, 0) is 6.42 Å². The molecular weight excluding hydrogens is 427 g/mol. The van der Waals surface area contributed by atoms with Gasteiger partial charge in [-0.2, -0.15) is 21.6 Å². The Balaban J connectivity index is 2.47. The zero-order valence-electron chi connectivity index (χ0n) is 15.7. The van der Waals surface area contributed by atoms with E-state index in [0.717, 1.165) is 20.8 Å². The van der Waals surface area contributed by atoms with E-state index in [9.17, 15) is 36.0 Å². The average Bonchev–Trinajstić information content (AvgIpc) is 2.90. The van der Waals surface area contributed by atoms with Gasteiger partial charge >= 0.3 is 33.5 Å². The Kier molecular flexibility index (Phi) is 6.79. The third-order valence-electron chi connectivity index (χ3n) is 4.40. The number of ether oxygens (including phenoxy) is 3. The molecule has 2 aliphatic heterocycles. The van der Waals surface area contributed by atoms with Crippen molar-refractivity contribution >= 4 is 28.0 Å². The molecule has 0 amide bonds. The van der Waals surface area contributed by atoms with Crippen molar-refractivity contribution < 1.29 is 54.4 Å². The number of rotatable bonds is 5. The Bertz CT molecular complexity index is 769. The van der Waals surface area contributed by atoms with E-state index >= 15 is 0 Å². The number of hydrogen-bond donors (Lipinski definition) is 0. The van der Waals surface area contributed by atoms with Crippen LogP contribution >= 0.6 is 0 Å². The smallest absolute Gasteiger partial charge is 0.461 e. The van der Waals surface area contributed by atoms with Crippen molar-refractivity contribution in [1.82, 2.24) is 4.90 Å². The van der Waals surface area contributed by atoms with Gasteiger partial charge < -0.3 is 14.2 Å². The van der Waals surface area contributed by atoms with Crippen molar-refractivity contribution in [2.24, 2.45) is 0 Å². The molecule has 0 saturated carbocycles. The first-order chi connectivity index (χ1) is 13.2. The number of alkyl halides is 3. The van der Waals surface area contributed by atoms with Crippen molar-refractivity contribution in [1.29, 1.82) is 0 Å². The fourth-order valence-corrected chi connectivity index (χ4v) is 4.16. The van der Waals surface area contributed by atoms with Gasteiger partial charge in [0.15, 0.2) is 12.2 Å². The quantitative estimate of drug-likeness (QED) is 0.248. The largest absolute Gasteiger partial charge is 0.523 e. The van der Waals surface area contributed by atoms with Gasteiger partial charge in [0, 0.05) is 33.9 Å². The van der Waals surface area contributed by atoms with Crippen LogP contribution in [0.25, 0.3) is 0 Å². The molecule has 14 heteroatoms. The van der Waals surface area contributed by atoms with Crippen molar-refractivity contribution in [3.8, 4) is 0 Å². The van der Waals surface area contributed by atoms with E-state index in [4.69, 9.17) is 14.2 Å². The molecule has 0 radical (unpaired) electrons. The number of carbonyl (C=O) groups excluding carboxylic acids is 3. The second-order valence-electron chi connectivity index (χ2n) is 6.60. The van der Waals surface area contributed by atoms with Gasteiger partial charge in [0.05, 0.1) is 6.04 Å². The number of hydrogen-bond acceptors (Lipinski definition) is 10. The van der Waals surface area contributed by atoms with Gasteiger partial charge in [-0.3, -0.25) is 23.5 Å². The maximum absolute atomic E-state index is 12.9. The van der Waals surface area contributed by atoms with Crippen LogP contribution in [-0.4, -0.2) is 80.3 Å². The molecule has 166 valence electrons. The van der Waals surface area contributed by atoms with Gasteiger partial charge in [0.1, 0.15) is 12.2 Å². The van der Waals surface area contributed by atoms with Gasteiger partial charge in [0.2, 0.25) is 0 Å². The molecule has 0 bridgehead atoms. The third-order valence-corrected chi connectivity index (χ3v) is 5.45. The Morgan fingerprint density at radius 1 is 0.897 bits per heavy atom. The molecule has 29 heavy (non-hydrogen) atoms. The first-order valence-electron chi connectivity index (χ1n) is 8.48. The summed E-state index contributed by atoms with van der Waals surface area (Å²) in [6, 6.07) is -0.983. The monoisotopic (exact) mass is 447 g/mol. The Morgan fingerprint density at radius 3 is 1.90 bits per heavy atom.